The zero-order valence-corrected chi connectivity index (χ0v) is 7.77. The Hall–Kier alpha value is -1.37. The van der Waals surface area contributed by atoms with E-state index in [4.69, 9.17) is 0 Å². The van der Waals surface area contributed by atoms with E-state index < -0.39 is 0 Å². The van der Waals surface area contributed by atoms with Crippen molar-refractivity contribution in [2.45, 2.75) is 13.3 Å². The predicted molar refractivity (Wildman–Crippen MR) is 55.1 cm³/mol. The molecule has 2 rings (SSSR count). The van der Waals surface area contributed by atoms with E-state index in [-0.39, 0.29) is 0 Å². The van der Waals surface area contributed by atoms with Gasteiger partial charge >= 0.3 is 0 Å². The second-order valence-electron chi connectivity index (χ2n) is 3.47. The van der Waals surface area contributed by atoms with Crippen molar-refractivity contribution in [3.8, 4) is 0 Å². The first kappa shape index (κ1) is 8.24. The van der Waals surface area contributed by atoms with E-state index >= 15 is 0 Å². The maximum Gasteiger partial charge on any atom is 0.0273 e. The Labute approximate surface area is 78.8 Å². The van der Waals surface area contributed by atoms with Crippen LogP contribution in [0.25, 0.3) is 5.57 Å². The van der Waals surface area contributed by atoms with Crippen molar-refractivity contribution in [2.24, 2.45) is 5.92 Å². The quantitative estimate of drug-likeness (QED) is 0.632. The number of aromatic nitrogens is 1. The first-order valence-corrected chi connectivity index (χ1v) is 4.65. The Morgan fingerprint density at radius 2 is 2.08 bits per heavy atom. The van der Waals surface area contributed by atoms with Gasteiger partial charge in [-0.1, -0.05) is 25.2 Å². The molecule has 0 bridgehead atoms. The number of hydrogen-bond donors (Lipinski definition) is 0. The van der Waals surface area contributed by atoms with Gasteiger partial charge in [-0.15, -0.1) is 0 Å². The Morgan fingerprint density at radius 3 is 2.69 bits per heavy atom. The molecule has 66 valence electrons. The highest BCUT2D eigenvalue weighted by Crippen LogP contribution is 2.22. The van der Waals surface area contributed by atoms with Gasteiger partial charge in [0, 0.05) is 12.4 Å². The van der Waals surface area contributed by atoms with Crippen LogP contribution >= 0.6 is 0 Å². The van der Waals surface area contributed by atoms with Gasteiger partial charge < -0.3 is 0 Å². The van der Waals surface area contributed by atoms with E-state index in [0.717, 1.165) is 6.42 Å². The summed E-state index contributed by atoms with van der Waals surface area (Å²) in [5, 5.41) is 0. The third kappa shape index (κ3) is 1.86. The molecule has 0 saturated carbocycles. The molecule has 1 atom stereocenters. The second kappa shape index (κ2) is 3.56. The molecule has 0 fully saturated rings. The van der Waals surface area contributed by atoms with E-state index in [2.05, 4.69) is 30.1 Å². The van der Waals surface area contributed by atoms with E-state index in [0.29, 0.717) is 5.92 Å². The summed E-state index contributed by atoms with van der Waals surface area (Å²) in [5.41, 5.74) is 2.58. The number of rotatable bonds is 1. The summed E-state index contributed by atoms with van der Waals surface area (Å²) in [4.78, 5) is 4.00. The van der Waals surface area contributed by atoms with Crippen LogP contribution in [-0.2, 0) is 0 Å². The van der Waals surface area contributed by atoms with Gasteiger partial charge in [-0.2, -0.15) is 0 Å². The van der Waals surface area contributed by atoms with Crippen LogP contribution < -0.4 is 0 Å². The van der Waals surface area contributed by atoms with Gasteiger partial charge in [0.05, 0.1) is 0 Å². The summed E-state index contributed by atoms with van der Waals surface area (Å²) < 4.78 is 0. The molecule has 0 saturated heterocycles. The van der Waals surface area contributed by atoms with Gasteiger partial charge in [-0.3, -0.25) is 4.98 Å². The maximum atomic E-state index is 4.00. The third-order valence-electron chi connectivity index (χ3n) is 2.33. The minimum absolute atomic E-state index is 0.686. The number of nitrogens with zero attached hydrogens (tertiary/aromatic N) is 1. The SMILES string of the molecule is CC1C=CC(c2ccncc2)=CC1. The molecule has 1 heterocycles. The van der Waals surface area contributed by atoms with E-state index in [1.54, 1.807) is 0 Å². The highest BCUT2D eigenvalue weighted by Gasteiger charge is 2.04. The Bertz CT molecular complexity index is 335. The minimum Gasteiger partial charge on any atom is -0.265 e. The maximum absolute atomic E-state index is 4.00. The molecule has 1 aliphatic rings. The van der Waals surface area contributed by atoms with Crippen molar-refractivity contribution >= 4 is 5.57 Å². The van der Waals surface area contributed by atoms with Crippen LogP contribution in [0.3, 0.4) is 0 Å². The monoisotopic (exact) mass is 171 g/mol. The van der Waals surface area contributed by atoms with Crippen LogP contribution in [0.15, 0.2) is 42.8 Å². The summed E-state index contributed by atoms with van der Waals surface area (Å²) in [6.45, 7) is 2.23. The smallest absolute Gasteiger partial charge is 0.0273 e. The molecule has 0 spiro atoms. The van der Waals surface area contributed by atoms with Gasteiger partial charge in [-0.25, -0.2) is 0 Å². The topological polar surface area (TPSA) is 12.9 Å². The molecule has 1 unspecified atom stereocenters. The molecular weight excluding hydrogens is 158 g/mol. The Kier molecular flexibility index (Phi) is 2.26. The van der Waals surface area contributed by atoms with Crippen LogP contribution in [-0.4, -0.2) is 4.98 Å². The Balaban J connectivity index is 2.25. The molecule has 1 nitrogen and oxygen atoms in total. The van der Waals surface area contributed by atoms with Gasteiger partial charge in [-0.05, 0) is 35.6 Å². The van der Waals surface area contributed by atoms with E-state index in [9.17, 15) is 0 Å². The third-order valence-corrected chi connectivity index (χ3v) is 2.33. The van der Waals surface area contributed by atoms with Crippen LogP contribution in [0, 0.1) is 5.92 Å². The summed E-state index contributed by atoms with van der Waals surface area (Å²) >= 11 is 0. The van der Waals surface area contributed by atoms with Crippen molar-refractivity contribution in [2.75, 3.05) is 0 Å². The molecule has 1 aromatic rings. The van der Waals surface area contributed by atoms with Crippen molar-refractivity contribution in [1.82, 2.24) is 4.98 Å². The van der Waals surface area contributed by atoms with E-state index in [1.807, 2.05) is 24.5 Å². The van der Waals surface area contributed by atoms with E-state index in [1.165, 1.54) is 11.1 Å². The van der Waals surface area contributed by atoms with Gasteiger partial charge in [0.2, 0.25) is 0 Å². The lowest BCUT2D eigenvalue weighted by Crippen LogP contribution is -1.93. The van der Waals surface area contributed by atoms with Crippen LogP contribution in [0.1, 0.15) is 18.9 Å². The fourth-order valence-corrected chi connectivity index (χ4v) is 1.49. The van der Waals surface area contributed by atoms with Crippen molar-refractivity contribution < 1.29 is 0 Å². The van der Waals surface area contributed by atoms with Crippen LogP contribution in [0.2, 0.25) is 0 Å². The average molecular weight is 171 g/mol. The number of pyridine rings is 1. The predicted octanol–water partition coefficient (Wildman–Crippen LogP) is 3.06. The number of allylic oxidation sites excluding steroid dienone is 4. The van der Waals surface area contributed by atoms with Crippen molar-refractivity contribution in [3.05, 3.63) is 48.3 Å². The fraction of sp³-hybridized carbons (Fsp3) is 0.250. The summed E-state index contributed by atoms with van der Waals surface area (Å²) in [6, 6.07) is 4.10. The normalized spacial score (nSPS) is 21.3. The lowest BCUT2D eigenvalue weighted by molar-refractivity contribution is 0.739. The zero-order chi connectivity index (χ0) is 9.10. The molecule has 1 aliphatic carbocycles. The molecule has 1 heteroatoms. The molecule has 0 amide bonds. The summed E-state index contributed by atoms with van der Waals surface area (Å²) in [6.07, 6.45) is 11.6. The summed E-state index contributed by atoms with van der Waals surface area (Å²) in [7, 11) is 0. The molecule has 0 radical (unpaired) electrons. The zero-order valence-electron chi connectivity index (χ0n) is 7.77. The molecule has 13 heavy (non-hydrogen) atoms. The lowest BCUT2D eigenvalue weighted by atomic mass is 9.95. The highest BCUT2D eigenvalue weighted by atomic mass is 14.6. The van der Waals surface area contributed by atoms with Crippen molar-refractivity contribution in [3.63, 3.8) is 0 Å². The van der Waals surface area contributed by atoms with Crippen LogP contribution in [0.4, 0.5) is 0 Å². The second-order valence-corrected chi connectivity index (χ2v) is 3.47. The fourth-order valence-electron chi connectivity index (χ4n) is 1.49. The number of hydrogen-bond acceptors (Lipinski definition) is 1. The standard InChI is InChI=1S/C12H13N/c1-10-2-4-11(5-3-10)12-6-8-13-9-7-12/h2,4-10H,3H2,1H3. The van der Waals surface area contributed by atoms with Gasteiger partial charge in [0.25, 0.3) is 0 Å². The van der Waals surface area contributed by atoms with Gasteiger partial charge in [0.15, 0.2) is 0 Å². The molecule has 0 aliphatic heterocycles. The van der Waals surface area contributed by atoms with Crippen LogP contribution in [0.5, 0.6) is 0 Å². The lowest BCUT2D eigenvalue weighted by Gasteiger charge is -2.11. The first-order valence-electron chi connectivity index (χ1n) is 4.65. The summed E-state index contributed by atoms with van der Waals surface area (Å²) in [5.74, 6) is 0.686. The average Bonchev–Trinajstić information content (AvgIpc) is 2.20. The molecule has 0 aromatic carbocycles. The van der Waals surface area contributed by atoms with Crippen molar-refractivity contribution in [1.29, 1.82) is 0 Å². The molecule has 1 aromatic heterocycles. The highest BCUT2D eigenvalue weighted by molar-refractivity contribution is 5.74. The van der Waals surface area contributed by atoms with Gasteiger partial charge in [0.1, 0.15) is 0 Å². The molecular formula is C12H13N. The Morgan fingerprint density at radius 1 is 1.31 bits per heavy atom. The largest absolute Gasteiger partial charge is 0.265 e. The first-order chi connectivity index (χ1) is 6.36. The molecule has 0 N–H and O–H groups in total. The minimum atomic E-state index is 0.686.